The third-order valence-corrected chi connectivity index (χ3v) is 6.04. The lowest BCUT2D eigenvalue weighted by atomic mass is 9.55. The SMILES string of the molecule is CCNC(=NCc1nc(C)c(C)o1)NC1CC(OCC)C12CCCCC2.I. The van der Waals surface area contributed by atoms with Crippen LogP contribution in [0.2, 0.25) is 0 Å². The van der Waals surface area contributed by atoms with Gasteiger partial charge in [0.2, 0.25) is 5.89 Å². The molecule has 1 aromatic rings. The summed E-state index contributed by atoms with van der Waals surface area (Å²) >= 11 is 0. The van der Waals surface area contributed by atoms with Crippen molar-refractivity contribution in [3.05, 3.63) is 17.3 Å². The molecule has 27 heavy (non-hydrogen) atoms. The van der Waals surface area contributed by atoms with Crippen molar-refractivity contribution in [3.63, 3.8) is 0 Å². The van der Waals surface area contributed by atoms with E-state index in [1.165, 1.54) is 32.1 Å². The average Bonchev–Trinajstić information content (AvgIpc) is 2.97. The first-order valence-electron chi connectivity index (χ1n) is 10.2. The third kappa shape index (κ3) is 4.96. The molecule has 2 fully saturated rings. The van der Waals surface area contributed by atoms with Crippen LogP contribution in [0.1, 0.15) is 69.7 Å². The minimum atomic E-state index is 0. The Hall–Kier alpha value is -0.830. The molecule has 2 N–H and O–H groups in total. The van der Waals surface area contributed by atoms with Gasteiger partial charge in [-0.1, -0.05) is 19.3 Å². The van der Waals surface area contributed by atoms with Gasteiger partial charge in [-0.25, -0.2) is 9.98 Å². The Kier molecular flexibility index (Phi) is 8.39. The molecular weight excluding hydrogens is 455 g/mol. The molecule has 2 aliphatic rings. The van der Waals surface area contributed by atoms with E-state index < -0.39 is 0 Å². The van der Waals surface area contributed by atoms with Gasteiger partial charge in [0.25, 0.3) is 0 Å². The minimum absolute atomic E-state index is 0. The van der Waals surface area contributed by atoms with Gasteiger partial charge in [0.05, 0.1) is 11.8 Å². The van der Waals surface area contributed by atoms with Crippen LogP contribution in [0.4, 0.5) is 0 Å². The highest BCUT2D eigenvalue weighted by molar-refractivity contribution is 14.0. The molecule has 2 unspecified atom stereocenters. The number of rotatable bonds is 6. The maximum absolute atomic E-state index is 6.06. The van der Waals surface area contributed by atoms with E-state index in [4.69, 9.17) is 14.1 Å². The number of aromatic nitrogens is 1. The van der Waals surface area contributed by atoms with Crippen molar-refractivity contribution < 1.29 is 9.15 Å². The molecule has 0 aliphatic heterocycles. The van der Waals surface area contributed by atoms with Gasteiger partial charge in [-0.3, -0.25) is 0 Å². The maximum Gasteiger partial charge on any atom is 0.216 e. The van der Waals surface area contributed by atoms with Crippen molar-refractivity contribution in [2.24, 2.45) is 10.4 Å². The summed E-state index contributed by atoms with van der Waals surface area (Å²) in [6, 6.07) is 0.435. The zero-order chi connectivity index (χ0) is 18.6. The number of halogens is 1. The van der Waals surface area contributed by atoms with E-state index in [-0.39, 0.29) is 29.4 Å². The first-order chi connectivity index (χ1) is 12.6. The molecule has 3 rings (SSSR count). The summed E-state index contributed by atoms with van der Waals surface area (Å²) in [4.78, 5) is 9.13. The van der Waals surface area contributed by atoms with Gasteiger partial charge in [-0.05, 0) is 47.0 Å². The minimum Gasteiger partial charge on any atom is -0.444 e. The highest BCUT2D eigenvalue weighted by Gasteiger charge is 2.55. The fourth-order valence-electron chi connectivity index (χ4n) is 4.50. The summed E-state index contributed by atoms with van der Waals surface area (Å²) in [6.07, 6.45) is 7.94. The number of hydrogen-bond donors (Lipinski definition) is 2. The number of aliphatic imine (C=N–C) groups is 1. The van der Waals surface area contributed by atoms with E-state index in [0.717, 1.165) is 37.0 Å². The van der Waals surface area contributed by atoms with Gasteiger partial charge in [-0.15, -0.1) is 24.0 Å². The van der Waals surface area contributed by atoms with Crippen LogP contribution in [0.3, 0.4) is 0 Å². The molecule has 0 bridgehead atoms. The van der Waals surface area contributed by atoms with Gasteiger partial charge in [0, 0.05) is 24.6 Å². The standard InChI is InChI=1S/C20H34N4O2.HI/c1-5-21-19(22-13-18-23-14(3)15(4)26-18)24-16-12-17(25-6-2)20(16)10-8-7-9-11-20;/h16-17H,5-13H2,1-4H3,(H2,21,22,24);1H. The van der Waals surface area contributed by atoms with E-state index in [9.17, 15) is 0 Å². The Bertz CT molecular complexity index is 606. The summed E-state index contributed by atoms with van der Waals surface area (Å²) in [5, 5.41) is 7.06. The number of oxazole rings is 1. The summed E-state index contributed by atoms with van der Waals surface area (Å²) < 4.78 is 11.7. The second-order valence-electron chi connectivity index (χ2n) is 7.61. The molecule has 0 saturated heterocycles. The zero-order valence-corrected chi connectivity index (χ0v) is 19.5. The van der Waals surface area contributed by atoms with Crippen molar-refractivity contribution in [2.75, 3.05) is 13.2 Å². The van der Waals surface area contributed by atoms with E-state index in [0.29, 0.717) is 24.6 Å². The molecule has 2 atom stereocenters. The van der Waals surface area contributed by atoms with Crippen LogP contribution in [0, 0.1) is 19.3 Å². The van der Waals surface area contributed by atoms with Gasteiger partial charge in [-0.2, -0.15) is 0 Å². The molecule has 0 amide bonds. The smallest absolute Gasteiger partial charge is 0.216 e. The lowest BCUT2D eigenvalue weighted by molar-refractivity contribution is -0.145. The van der Waals surface area contributed by atoms with Crippen LogP contribution < -0.4 is 10.6 Å². The maximum atomic E-state index is 6.06. The van der Waals surface area contributed by atoms with Crippen LogP contribution in [-0.4, -0.2) is 36.2 Å². The molecule has 7 heteroatoms. The Labute approximate surface area is 180 Å². The Morgan fingerprint density at radius 1 is 1.26 bits per heavy atom. The second-order valence-corrected chi connectivity index (χ2v) is 7.61. The normalized spacial score (nSPS) is 24.2. The molecule has 2 aliphatic carbocycles. The molecule has 0 aromatic carbocycles. The van der Waals surface area contributed by atoms with Gasteiger partial charge in [0.15, 0.2) is 5.96 Å². The zero-order valence-electron chi connectivity index (χ0n) is 17.1. The highest BCUT2D eigenvalue weighted by Crippen LogP contribution is 2.53. The summed E-state index contributed by atoms with van der Waals surface area (Å²) in [5.41, 5.74) is 1.22. The summed E-state index contributed by atoms with van der Waals surface area (Å²) in [7, 11) is 0. The van der Waals surface area contributed by atoms with Crippen molar-refractivity contribution in [1.29, 1.82) is 0 Å². The lowest BCUT2D eigenvalue weighted by Crippen LogP contribution is -2.66. The fraction of sp³-hybridized carbons (Fsp3) is 0.800. The van der Waals surface area contributed by atoms with Gasteiger partial charge < -0.3 is 19.8 Å². The second kappa shape index (κ2) is 10.1. The molecular formula is C20H35IN4O2. The fourth-order valence-corrected chi connectivity index (χ4v) is 4.50. The molecule has 2 saturated carbocycles. The number of nitrogens with one attached hydrogen (secondary N) is 2. The Morgan fingerprint density at radius 3 is 2.59 bits per heavy atom. The van der Waals surface area contributed by atoms with E-state index in [1.54, 1.807) is 0 Å². The van der Waals surface area contributed by atoms with Crippen molar-refractivity contribution in [1.82, 2.24) is 15.6 Å². The van der Waals surface area contributed by atoms with Crippen molar-refractivity contribution >= 4 is 29.9 Å². The number of guanidine groups is 1. The monoisotopic (exact) mass is 490 g/mol. The van der Waals surface area contributed by atoms with Crippen LogP contribution in [0.25, 0.3) is 0 Å². The Balaban J connectivity index is 0.00000261. The van der Waals surface area contributed by atoms with Crippen LogP contribution in [0.15, 0.2) is 9.41 Å². The Morgan fingerprint density at radius 2 is 2.00 bits per heavy atom. The largest absolute Gasteiger partial charge is 0.444 e. The van der Waals surface area contributed by atoms with Crippen molar-refractivity contribution in [2.45, 2.75) is 84.9 Å². The lowest BCUT2D eigenvalue weighted by Gasteiger charge is -2.57. The van der Waals surface area contributed by atoms with Crippen LogP contribution in [-0.2, 0) is 11.3 Å². The van der Waals surface area contributed by atoms with Crippen LogP contribution >= 0.6 is 24.0 Å². The molecule has 1 aromatic heterocycles. The first kappa shape index (κ1) is 22.5. The number of hydrogen-bond acceptors (Lipinski definition) is 4. The van der Waals surface area contributed by atoms with E-state index in [2.05, 4.69) is 29.5 Å². The predicted molar refractivity (Wildman–Crippen MR) is 119 cm³/mol. The topological polar surface area (TPSA) is 71.7 Å². The van der Waals surface area contributed by atoms with Crippen molar-refractivity contribution in [3.8, 4) is 0 Å². The summed E-state index contributed by atoms with van der Waals surface area (Å²) in [5.74, 6) is 2.39. The summed E-state index contributed by atoms with van der Waals surface area (Å²) in [6.45, 7) is 10.2. The number of ether oxygens (including phenoxy) is 1. The number of aryl methyl sites for hydroxylation is 2. The number of nitrogens with zero attached hydrogens (tertiary/aromatic N) is 2. The van der Waals surface area contributed by atoms with Gasteiger partial charge in [0.1, 0.15) is 12.3 Å². The molecule has 0 radical (unpaired) electrons. The van der Waals surface area contributed by atoms with Crippen LogP contribution in [0.5, 0.6) is 0 Å². The molecule has 1 spiro atoms. The van der Waals surface area contributed by atoms with E-state index >= 15 is 0 Å². The highest BCUT2D eigenvalue weighted by atomic mass is 127. The predicted octanol–water partition coefficient (Wildman–Crippen LogP) is 4.09. The first-order valence-corrected chi connectivity index (χ1v) is 10.2. The van der Waals surface area contributed by atoms with E-state index in [1.807, 2.05) is 13.8 Å². The molecule has 6 nitrogen and oxygen atoms in total. The van der Waals surface area contributed by atoms with Gasteiger partial charge >= 0.3 is 0 Å². The molecule has 1 heterocycles. The quantitative estimate of drug-likeness (QED) is 0.357. The molecule has 154 valence electrons. The average molecular weight is 490 g/mol. The third-order valence-electron chi connectivity index (χ3n) is 6.04.